The van der Waals surface area contributed by atoms with Crippen molar-refractivity contribution in [2.45, 2.75) is 12.8 Å². The number of amides is 2. The molecule has 1 fully saturated rings. The maximum absolute atomic E-state index is 13.8. The van der Waals surface area contributed by atoms with E-state index < -0.39 is 5.82 Å². The third-order valence-corrected chi connectivity index (χ3v) is 5.54. The molecule has 2 aromatic rings. The van der Waals surface area contributed by atoms with E-state index in [0.717, 1.165) is 0 Å². The molecule has 0 unspecified atom stereocenters. The molecule has 1 N–H and O–H groups in total. The molecule has 8 heteroatoms. The minimum Gasteiger partial charge on any atom is -0.454 e. The smallest absolute Gasteiger partial charge is 0.246 e. The van der Waals surface area contributed by atoms with Crippen LogP contribution in [0.1, 0.15) is 18.4 Å². The van der Waals surface area contributed by atoms with Crippen molar-refractivity contribution in [3.63, 3.8) is 0 Å². The first-order valence-electron chi connectivity index (χ1n) is 9.63. The number of halogens is 2. The van der Waals surface area contributed by atoms with Crippen molar-refractivity contribution in [3.8, 4) is 11.5 Å². The first kappa shape index (κ1) is 20.2. The molecule has 0 atom stereocenters. The van der Waals surface area contributed by atoms with E-state index >= 15 is 0 Å². The second-order valence-corrected chi connectivity index (χ2v) is 7.53. The molecule has 2 aliphatic rings. The molecule has 2 amide bonds. The molecule has 0 saturated carbocycles. The minimum absolute atomic E-state index is 0.0883. The van der Waals surface area contributed by atoms with Gasteiger partial charge in [0.15, 0.2) is 11.5 Å². The van der Waals surface area contributed by atoms with Crippen LogP contribution in [0.5, 0.6) is 11.5 Å². The van der Waals surface area contributed by atoms with Crippen LogP contribution in [0.25, 0.3) is 6.08 Å². The Morgan fingerprint density at radius 2 is 1.90 bits per heavy atom. The van der Waals surface area contributed by atoms with E-state index in [4.69, 9.17) is 21.1 Å². The predicted molar refractivity (Wildman–Crippen MR) is 111 cm³/mol. The van der Waals surface area contributed by atoms with Gasteiger partial charge in [-0.3, -0.25) is 9.59 Å². The number of hydrogen-bond donors (Lipinski definition) is 1. The van der Waals surface area contributed by atoms with Crippen molar-refractivity contribution >= 4 is 35.2 Å². The predicted octanol–water partition coefficient (Wildman–Crippen LogP) is 4.10. The molecule has 0 radical (unpaired) electrons. The highest BCUT2D eigenvalue weighted by molar-refractivity contribution is 6.32. The fourth-order valence-electron chi connectivity index (χ4n) is 3.51. The molecular formula is C22H20ClFN2O4. The number of nitrogens with zero attached hydrogens (tertiary/aromatic N) is 1. The topological polar surface area (TPSA) is 67.9 Å². The molecule has 2 aromatic carbocycles. The zero-order chi connectivity index (χ0) is 21.1. The van der Waals surface area contributed by atoms with Crippen LogP contribution in [-0.2, 0) is 9.59 Å². The van der Waals surface area contributed by atoms with Crippen molar-refractivity contribution in [1.29, 1.82) is 0 Å². The van der Waals surface area contributed by atoms with E-state index in [1.165, 1.54) is 24.3 Å². The van der Waals surface area contributed by atoms with E-state index in [-0.39, 0.29) is 35.1 Å². The van der Waals surface area contributed by atoms with Crippen molar-refractivity contribution in [2.24, 2.45) is 5.92 Å². The van der Waals surface area contributed by atoms with E-state index in [9.17, 15) is 14.0 Å². The first-order chi connectivity index (χ1) is 14.5. The largest absolute Gasteiger partial charge is 0.454 e. The number of hydrogen-bond acceptors (Lipinski definition) is 4. The molecule has 0 spiro atoms. The van der Waals surface area contributed by atoms with Gasteiger partial charge >= 0.3 is 0 Å². The Balaban J connectivity index is 1.30. The van der Waals surface area contributed by atoms with E-state index in [2.05, 4.69) is 5.32 Å². The van der Waals surface area contributed by atoms with Crippen LogP contribution in [-0.4, -0.2) is 36.6 Å². The zero-order valence-electron chi connectivity index (χ0n) is 16.1. The number of rotatable bonds is 4. The number of carbonyl (C=O) groups is 2. The van der Waals surface area contributed by atoms with Crippen LogP contribution >= 0.6 is 11.6 Å². The van der Waals surface area contributed by atoms with Gasteiger partial charge in [0.1, 0.15) is 5.82 Å². The standard InChI is InChI=1S/C22H20ClFN2O4/c23-17-2-1-3-18(24)16(17)5-7-21(27)26-10-8-14(9-11-26)22(28)25-15-4-6-19-20(12-15)30-13-29-19/h1-7,12,14H,8-11,13H2,(H,25,28). The summed E-state index contributed by atoms with van der Waals surface area (Å²) in [6.45, 7) is 1.08. The quantitative estimate of drug-likeness (QED) is 0.741. The Morgan fingerprint density at radius 1 is 1.13 bits per heavy atom. The van der Waals surface area contributed by atoms with Crippen LogP contribution in [0.4, 0.5) is 10.1 Å². The Hall–Kier alpha value is -3.06. The van der Waals surface area contributed by atoms with E-state index in [0.29, 0.717) is 43.1 Å². The number of benzene rings is 2. The average molecular weight is 431 g/mol. The summed E-state index contributed by atoms with van der Waals surface area (Å²) in [5.41, 5.74) is 0.831. The van der Waals surface area contributed by atoms with Gasteiger partial charge in [-0.1, -0.05) is 17.7 Å². The van der Waals surface area contributed by atoms with Crippen molar-refractivity contribution in [1.82, 2.24) is 4.90 Å². The van der Waals surface area contributed by atoms with Crippen molar-refractivity contribution < 1.29 is 23.5 Å². The summed E-state index contributed by atoms with van der Waals surface area (Å²) in [6.07, 6.45) is 3.81. The van der Waals surface area contributed by atoms with Gasteiger partial charge in [-0.2, -0.15) is 0 Å². The summed E-state index contributed by atoms with van der Waals surface area (Å²) < 4.78 is 24.4. The fourth-order valence-corrected chi connectivity index (χ4v) is 3.74. The Bertz CT molecular complexity index is 982. The van der Waals surface area contributed by atoms with Gasteiger partial charge in [0.05, 0.1) is 5.02 Å². The maximum atomic E-state index is 13.8. The molecule has 156 valence electrons. The monoisotopic (exact) mass is 430 g/mol. The lowest BCUT2D eigenvalue weighted by atomic mass is 9.95. The van der Waals surface area contributed by atoms with Gasteiger partial charge in [0.25, 0.3) is 0 Å². The van der Waals surface area contributed by atoms with Crippen LogP contribution in [0.15, 0.2) is 42.5 Å². The fraction of sp³-hybridized carbons (Fsp3) is 0.273. The summed E-state index contributed by atoms with van der Waals surface area (Å²) in [5.74, 6) is 0.271. The van der Waals surface area contributed by atoms with E-state index in [1.54, 1.807) is 29.2 Å². The first-order valence-corrected chi connectivity index (χ1v) is 10.0. The Morgan fingerprint density at radius 3 is 2.67 bits per heavy atom. The van der Waals surface area contributed by atoms with Crippen LogP contribution in [0.2, 0.25) is 5.02 Å². The van der Waals surface area contributed by atoms with Crippen LogP contribution in [0, 0.1) is 11.7 Å². The second-order valence-electron chi connectivity index (χ2n) is 7.13. The lowest BCUT2D eigenvalue weighted by Gasteiger charge is -2.30. The number of anilines is 1. The molecule has 2 heterocycles. The molecule has 30 heavy (non-hydrogen) atoms. The van der Waals surface area contributed by atoms with Gasteiger partial charge in [-0.15, -0.1) is 0 Å². The molecule has 0 aromatic heterocycles. The molecule has 2 aliphatic heterocycles. The highest BCUT2D eigenvalue weighted by Gasteiger charge is 2.27. The van der Waals surface area contributed by atoms with E-state index in [1.807, 2.05) is 0 Å². The van der Waals surface area contributed by atoms with Gasteiger partial charge in [0, 0.05) is 42.4 Å². The molecule has 6 nitrogen and oxygen atoms in total. The normalized spacial score (nSPS) is 16.1. The highest BCUT2D eigenvalue weighted by Crippen LogP contribution is 2.34. The summed E-state index contributed by atoms with van der Waals surface area (Å²) in [7, 11) is 0. The van der Waals surface area contributed by atoms with Crippen LogP contribution in [0.3, 0.4) is 0 Å². The van der Waals surface area contributed by atoms with Crippen LogP contribution < -0.4 is 14.8 Å². The zero-order valence-corrected chi connectivity index (χ0v) is 16.8. The number of fused-ring (bicyclic) bond motifs is 1. The molecular weight excluding hydrogens is 411 g/mol. The molecule has 0 bridgehead atoms. The summed E-state index contributed by atoms with van der Waals surface area (Å²) in [6, 6.07) is 9.63. The second kappa shape index (κ2) is 8.75. The average Bonchev–Trinajstić information content (AvgIpc) is 3.21. The SMILES string of the molecule is O=C(Nc1ccc2c(c1)OCO2)C1CCN(C(=O)C=Cc2c(F)cccc2Cl)CC1. The number of piperidine rings is 1. The van der Waals surface area contributed by atoms with Crippen molar-refractivity contribution in [3.05, 3.63) is 58.9 Å². The summed E-state index contributed by atoms with van der Waals surface area (Å²) in [4.78, 5) is 26.6. The summed E-state index contributed by atoms with van der Waals surface area (Å²) in [5, 5.41) is 3.14. The van der Waals surface area contributed by atoms with Gasteiger partial charge in [-0.05, 0) is 43.2 Å². The maximum Gasteiger partial charge on any atom is 0.246 e. The number of likely N-dealkylation sites (tertiary alicyclic amines) is 1. The summed E-state index contributed by atoms with van der Waals surface area (Å²) >= 11 is 5.97. The van der Waals surface area contributed by atoms with Gasteiger partial charge in [0.2, 0.25) is 18.6 Å². The third-order valence-electron chi connectivity index (χ3n) is 5.21. The number of carbonyl (C=O) groups excluding carboxylic acids is 2. The number of nitrogens with one attached hydrogen (secondary N) is 1. The third kappa shape index (κ3) is 4.41. The van der Waals surface area contributed by atoms with Gasteiger partial charge < -0.3 is 19.7 Å². The highest BCUT2D eigenvalue weighted by atomic mass is 35.5. The minimum atomic E-state index is -0.481. The van der Waals surface area contributed by atoms with Gasteiger partial charge in [-0.25, -0.2) is 4.39 Å². The molecule has 4 rings (SSSR count). The Labute approximate surface area is 178 Å². The van der Waals surface area contributed by atoms with Crippen molar-refractivity contribution in [2.75, 3.05) is 25.2 Å². The Kier molecular flexibility index (Phi) is 5.90. The molecule has 0 aliphatic carbocycles. The lowest BCUT2D eigenvalue weighted by Crippen LogP contribution is -2.40. The molecule has 1 saturated heterocycles. The number of ether oxygens (including phenoxy) is 2. The lowest BCUT2D eigenvalue weighted by molar-refractivity contribution is -0.130.